The molecule has 0 spiro atoms. The van der Waals surface area contributed by atoms with Gasteiger partial charge in [-0.3, -0.25) is 4.79 Å². The highest BCUT2D eigenvalue weighted by Gasteiger charge is 2.18. The van der Waals surface area contributed by atoms with Gasteiger partial charge in [-0.2, -0.15) is 0 Å². The van der Waals surface area contributed by atoms with Crippen LogP contribution in [-0.4, -0.2) is 30.2 Å². The first-order valence-corrected chi connectivity index (χ1v) is 9.20. The highest BCUT2D eigenvalue weighted by atomic mass is 35.5. The van der Waals surface area contributed by atoms with Crippen molar-refractivity contribution in [3.63, 3.8) is 0 Å². The van der Waals surface area contributed by atoms with Gasteiger partial charge in [0.25, 0.3) is 0 Å². The predicted molar refractivity (Wildman–Crippen MR) is 102 cm³/mol. The number of halogens is 1. The maximum absolute atomic E-state index is 11.2. The molecule has 0 saturated heterocycles. The molecule has 3 aromatic rings. The second-order valence-corrected chi connectivity index (χ2v) is 8.21. The predicted octanol–water partition coefficient (Wildman–Crippen LogP) is 4.89. The first-order chi connectivity index (χ1) is 11.4. The van der Waals surface area contributed by atoms with Crippen LogP contribution in [0.25, 0.3) is 21.1 Å². The smallest absolute Gasteiger partial charge is 0.308 e. The van der Waals surface area contributed by atoms with E-state index in [9.17, 15) is 9.90 Å². The van der Waals surface area contributed by atoms with Crippen LogP contribution in [0.2, 0.25) is 4.34 Å². The minimum absolute atomic E-state index is 0.0434. The van der Waals surface area contributed by atoms with Crippen molar-refractivity contribution in [2.45, 2.75) is 6.42 Å². The molecule has 0 aliphatic heterocycles. The lowest BCUT2D eigenvalue weighted by Crippen LogP contribution is -2.07. The molecule has 0 bridgehead atoms. The second kappa shape index (κ2) is 6.93. The molecule has 0 atom stereocenters. The van der Waals surface area contributed by atoms with E-state index in [0.29, 0.717) is 10.0 Å². The summed E-state index contributed by atoms with van der Waals surface area (Å²) < 4.78 is 0.663. The lowest BCUT2D eigenvalue weighted by Gasteiger charge is -2.11. The first-order valence-electron chi connectivity index (χ1n) is 7.19. The van der Waals surface area contributed by atoms with Gasteiger partial charge < -0.3 is 10.0 Å². The third-order valence-corrected chi connectivity index (χ3v) is 5.79. The Balaban J connectivity index is 2.02. The highest BCUT2D eigenvalue weighted by molar-refractivity contribution is 7.20. The van der Waals surface area contributed by atoms with Gasteiger partial charge in [0, 0.05) is 30.2 Å². The number of nitrogens with zero attached hydrogens (tertiary/aromatic N) is 2. The number of carboxylic acid groups (broad SMARTS) is 1. The lowest BCUT2D eigenvalue weighted by molar-refractivity contribution is -0.136. The van der Waals surface area contributed by atoms with Crippen LogP contribution < -0.4 is 4.90 Å². The van der Waals surface area contributed by atoms with Gasteiger partial charge in [-0.1, -0.05) is 11.6 Å². The van der Waals surface area contributed by atoms with Crippen LogP contribution in [0.5, 0.6) is 0 Å². The molecule has 4 nitrogen and oxygen atoms in total. The van der Waals surface area contributed by atoms with Crippen molar-refractivity contribution < 1.29 is 9.90 Å². The van der Waals surface area contributed by atoms with Crippen LogP contribution in [-0.2, 0) is 11.2 Å². The molecule has 1 aromatic carbocycles. The zero-order chi connectivity index (χ0) is 17.3. The summed E-state index contributed by atoms with van der Waals surface area (Å²) in [6.45, 7) is 0. The van der Waals surface area contributed by atoms with E-state index >= 15 is 0 Å². The Labute approximate surface area is 153 Å². The van der Waals surface area contributed by atoms with Crippen LogP contribution >= 0.6 is 34.3 Å². The topological polar surface area (TPSA) is 53.4 Å². The Morgan fingerprint density at radius 3 is 2.42 bits per heavy atom. The molecule has 0 radical (unpaired) electrons. The van der Waals surface area contributed by atoms with E-state index in [4.69, 9.17) is 11.6 Å². The lowest BCUT2D eigenvalue weighted by atomic mass is 10.2. The van der Waals surface area contributed by atoms with Crippen molar-refractivity contribution in [3.05, 3.63) is 45.6 Å². The molecular weight excluding hydrogens is 364 g/mol. The number of rotatable bonds is 5. The normalized spacial score (nSPS) is 10.8. The molecule has 3 rings (SSSR count). The monoisotopic (exact) mass is 378 g/mol. The van der Waals surface area contributed by atoms with Gasteiger partial charge in [-0.25, -0.2) is 4.98 Å². The van der Waals surface area contributed by atoms with Crippen LogP contribution in [0.3, 0.4) is 0 Å². The molecule has 0 aliphatic rings. The van der Waals surface area contributed by atoms with E-state index in [1.807, 2.05) is 49.3 Å². The summed E-state index contributed by atoms with van der Waals surface area (Å²) in [6.07, 6.45) is -0.0434. The van der Waals surface area contributed by atoms with Gasteiger partial charge in [0.15, 0.2) is 0 Å². The number of hydrogen-bond donors (Lipinski definition) is 1. The van der Waals surface area contributed by atoms with E-state index in [-0.39, 0.29) is 6.42 Å². The van der Waals surface area contributed by atoms with E-state index in [1.54, 1.807) is 6.07 Å². The van der Waals surface area contributed by atoms with Gasteiger partial charge in [0.05, 0.1) is 21.3 Å². The third-order valence-electron chi connectivity index (χ3n) is 3.45. The Morgan fingerprint density at radius 2 is 1.88 bits per heavy atom. The van der Waals surface area contributed by atoms with Gasteiger partial charge in [0.1, 0.15) is 5.01 Å². The average molecular weight is 379 g/mol. The molecular formula is C17H15ClN2O2S2. The average Bonchev–Trinajstić information content (AvgIpc) is 3.13. The number of anilines is 1. The van der Waals surface area contributed by atoms with Crippen LogP contribution in [0.15, 0.2) is 36.4 Å². The quantitative estimate of drug-likeness (QED) is 0.687. The number of aromatic nitrogens is 1. The summed E-state index contributed by atoms with van der Waals surface area (Å²) >= 11 is 8.84. The van der Waals surface area contributed by atoms with Gasteiger partial charge in [-0.15, -0.1) is 22.7 Å². The molecule has 0 amide bonds. The number of aliphatic carboxylic acids is 1. The zero-order valence-electron chi connectivity index (χ0n) is 13.1. The summed E-state index contributed by atoms with van der Waals surface area (Å²) in [5.74, 6) is -0.864. The van der Waals surface area contributed by atoms with E-state index in [0.717, 1.165) is 26.0 Å². The number of carbonyl (C=O) groups is 1. The van der Waals surface area contributed by atoms with Gasteiger partial charge in [-0.05, 0) is 36.4 Å². The molecule has 24 heavy (non-hydrogen) atoms. The van der Waals surface area contributed by atoms with Crippen LogP contribution in [0.1, 0.15) is 4.88 Å². The Hall–Kier alpha value is -1.89. The van der Waals surface area contributed by atoms with Crippen molar-refractivity contribution in [1.29, 1.82) is 0 Å². The number of benzene rings is 1. The number of thiophene rings is 1. The SMILES string of the molecule is CN(C)c1ccc(-c2nc(-c3ccc(Cl)s3)c(CC(=O)O)s2)cc1. The standard InChI is InChI=1S/C17H15ClN2O2S2/c1-20(2)11-5-3-10(4-6-11)17-19-16(12-7-8-14(18)23-12)13(24-17)9-15(21)22/h3-8H,9H2,1-2H3,(H,21,22). The Morgan fingerprint density at radius 1 is 1.17 bits per heavy atom. The third kappa shape index (κ3) is 3.61. The van der Waals surface area contributed by atoms with E-state index in [1.165, 1.54) is 22.7 Å². The Kier molecular flexibility index (Phi) is 4.89. The van der Waals surface area contributed by atoms with Crippen LogP contribution in [0.4, 0.5) is 5.69 Å². The number of hydrogen-bond acceptors (Lipinski definition) is 5. The van der Waals surface area contributed by atoms with E-state index < -0.39 is 5.97 Å². The molecule has 2 aromatic heterocycles. The maximum atomic E-state index is 11.2. The molecule has 1 N–H and O–H groups in total. The molecule has 124 valence electrons. The fourth-order valence-electron chi connectivity index (χ4n) is 2.27. The minimum atomic E-state index is -0.864. The van der Waals surface area contributed by atoms with Crippen molar-refractivity contribution in [2.75, 3.05) is 19.0 Å². The van der Waals surface area contributed by atoms with Crippen molar-refractivity contribution in [2.24, 2.45) is 0 Å². The second-order valence-electron chi connectivity index (χ2n) is 5.41. The van der Waals surface area contributed by atoms with Gasteiger partial charge in [0.2, 0.25) is 0 Å². The molecule has 0 fully saturated rings. The molecule has 7 heteroatoms. The largest absolute Gasteiger partial charge is 0.481 e. The summed E-state index contributed by atoms with van der Waals surface area (Å²) in [7, 11) is 3.98. The summed E-state index contributed by atoms with van der Waals surface area (Å²) in [6, 6.07) is 11.7. The minimum Gasteiger partial charge on any atom is -0.481 e. The maximum Gasteiger partial charge on any atom is 0.308 e. The fraction of sp³-hybridized carbons (Fsp3) is 0.176. The van der Waals surface area contributed by atoms with Crippen molar-refractivity contribution >= 4 is 45.9 Å². The Bertz CT molecular complexity index is 869. The molecule has 2 heterocycles. The summed E-state index contributed by atoms with van der Waals surface area (Å²) in [5.41, 5.74) is 2.79. The van der Waals surface area contributed by atoms with E-state index in [2.05, 4.69) is 4.98 Å². The van der Waals surface area contributed by atoms with Crippen molar-refractivity contribution in [1.82, 2.24) is 4.98 Å². The van der Waals surface area contributed by atoms with Gasteiger partial charge >= 0.3 is 5.97 Å². The molecule has 0 aliphatic carbocycles. The molecule has 0 unspecified atom stereocenters. The molecule has 0 saturated carbocycles. The fourth-order valence-corrected chi connectivity index (χ4v) is 4.47. The summed E-state index contributed by atoms with van der Waals surface area (Å²) in [5, 5.41) is 9.99. The first kappa shape index (κ1) is 17.0. The van der Waals surface area contributed by atoms with Crippen LogP contribution in [0, 0.1) is 0 Å². The highest BCUT2D eigenvalue weighted by Crippen LogP contribution is 2.38. The zero-order valence-corrected chi connectivity index (χ0v) is 15.5. The number of carboxylic acids is 1. The van der Waals surface area contributed by atoms with Crippen molar-refractivity contribution in [3.8, 4) is 21.1 Å². The number of thiazole rings is 1. The summed E-state index contributed by atoms with van der Waals surface area (Å²) in [4.78, 5) is 19.5.